The Morgan fingerprint density at radius 2 is 1.66 bits per heavy atom. The number of allylic oxidation sites excluding steroid dienone is 1. The van der Waals surface area contributed by atoms with Crippen molar-refractivity contribution >= 4 is 23.6 Å². The van der Waals surface area contributed by atoms with Crippen molar-refractivity contribution in [2.75, 3.05) is 32.1 Å². The molecule has 2 aliphatic carbocycles. The van der Waals surface area contributed by atoms with Gasteiger partial charge in [0.05, 0.1) is 23.5 Å². The van der Waals surface area contributed by atoms with Crippen LogP contribution in [0.25, 0.3) is 0 Å². The van der Waals surface area contributed by atoms with Gasteiger partial charge in [-0.05, 0) is 118 Å². The lowest BCUT2D eigenvalue weighted by Gasteiger charge is -2.58. The number of carbonyl (C=O) groups excluding carboxylic acids is 1. The van der Waals surface area contributed by atoms with E-state index in [1.165, 1.54) is 56.9 Å². The number of hydrogen-bond donors (Lipinski definition) is 3. The van der Waals surface area contributed by atoms with Crippen molar-refractivity contribution in [2.24, 2.45) is 22.9 Å². The van der Waals surface area contributed by atoms with Crippen LogP contribution in [-0.2, 0) is 16.0 Å². The zero-order valence-electron chi connectivity index (χ0n) is 38.3. The summed E-state index contributed by atoms with van der Waals surface area (Å²) < 4.78 is 20.4. The molecule has 10 nitrogen and oxygen atoms in total. The number of ether oxygens (including phenoxy) is 3. The third kappa shape index (κ3) is 14.3. The molecule has 1 saturated carbocycles. The Balaban J connectivity index is 1.48. The maximum atomic E-state index is 13.2. The third-order valence-corrected chi connectivity index (χ3v) is 13.9. The average molecular weight is 876 g/mol. The van der Waals surface area contributed by atoms with E-state index in [-0.39, 0.29) is 42.1 Å². The van der Waals surface area contributed by atoms with Crippen LogP contribution in [0.5, 0.6) is 11.5 Å². The highest BCUT2D eigenvalue weighted by molar-refractivity contribution is 8.00. The van der Waals surface area contributed by atoms with Crippen LogP contribution in [0.3, 0.4) is 0 Å². The number of nitrogens with one attached hydrogen (secondary N) is 1. The van der Waals surface area contributed by atoms with E-state index < -0.39 is 17.5 Å². The fourth-order valence-corrected chi connectivity index (χ4v) is 11.0. The molecule has 0 spiro atoms. The highest BCUT2D eigenvalue weighted by Crippen LogP contribution is 2.62. The maximum Gasteiger partial charge on any atom is 0.412 e. The van der Waals surface area contributed by atoms with Crippen molar-refractivity contribution in [2.45, 2.75) is 166 Å². The number of aliphatic hydroxyl groups excluding tert-OH is 2. The predicted molar refractivity (Wildman–Crippen MR) is 252 cm³/mol. The first-order valence-electron chi connectivity index (χ1n) is 23.9. The Hall–Kier alpha value is -3.38. The molecule has 0 radical (unpaired) electrons. The molecular weight excluding hydrogens is 799 g/mol. The van der Waals surface area contributed by atoms with Gasteiger partial charge < -0.3 is 34.6 Å². The molecule has 344 valence electrons. The van der Waals surface area contributed by atoms with Crippen molar-refractivity contribution in [3.8, 4) is 11.5 Å². The topological polar surface area (TPSA) is 132 Å². The van der Waals surface area contributed by atoms with Crippen LogP contribution < -0.4 is 14.8 Å². The van der Waals surface area contributed by atoms with Crippen LogP contribution in [0, 0.1) is 17.8 Å². The number of oxime groups is 1. The minimum absolute atomic E-state index is 0.0944. The summed E-state index contributed by atoms with van der Waals surface area (Å²) in [6.45, 7) is 13.5. The zero-order valence-corrected chi connectivity index (χ0v) is 39.1. The molecule has 1 amide bonds. The number of fused-ring (bicyclic) bond motifs is 2. The number of amides is 1. The minimum atomic E-state index is -1.07. The van der Waals surface area contributed by atoms with E-state index in [2.05, 4.69) is 42.0 Å². The van der Waals surface area contributed by atoms with E-state index in [1.54, 1.807) is 6.08 Å². The Labute approximate surface area is 377 Å². The van der Waals surface area contributed by atoms with Gasteiger partial charge in [0.1, 0.15) is 17.1 Å². The summed E-state index contributed by atoms with van der Waals surface area (Å²) in [5, 5.41) is 27.6. The quantitative estimate of drug-likeness (QED) is 0.0434. The molecule has 1 aliphatic heterocycles. The monoisotopic (exact) mass is 876 g/mol. The molecule has 11 heteroatoms. The molecule has 1 aromatic carbocycles. The predicted octanol–water partition coefficient (Wildman–Crippen LogP) is 11.5. The lowest BCUT2D eigenvalue weighted by Crippen LogP contribution is -2.64. The van der Waals surface area contributed by atoms with Crippen molar-refractivity contribution in [3.63, 3.8) is 0 Å². The van der Waals surface area contributed by atoms with Crippen molar-refractivity contribution < 1.29 is 34.1 Å². The Kier molecular flexibility index (Phi) is 20.7. The van der Waals surface area contributed by atoms with E-state index in [9.17, 15) is 15.0 Å². The summed E-state index contributed by atoms with van der Waals surface area (Å²) >= 11 is 1.84. The number of rotatable bonds is 28. The van der Waals surface area contributed by atoms with Gasteiger partial charge in [0, 0.05) is 50.1 Å². The van der Waals surface area contributed by atoms with Gasteiger partial charge in [0.15, 0.2) is 0 Å². The third-order valence-electron chi connectivity index (χ3n) is 12.5. The number of hydrogen-bond acceptors (Lipinski definition) is 10. The van der Waals surface area contributed by atoms with Crippen LogP contribution in [0.15, 0.2) is 72.2 Å². The molecule has 1 fully saturated rings. The highest BCUT2D eigenvalue weighted by atomic mass is 32.2. The van der Waals surface area contributed by atoms with Crippen molar-refractivity contribution in [1.29, 1.82) is 0 Å². The molecule has 1 aromatic heterocycles. The first kappa shape index (κ1) is 49.6. The molecule has 6 atom stereocenters. The van der Waals surface area contributed by atoms with Gasteiger partial charge in [-0.1, -0.05) is 94.9 Å². The normalized spacial score (nSPS) is 23.5. The van der Waals surface area contributed by atoms with Crippen molar-refractivity contribution in [3.05, 3.63) is 78.2 Å². The molecule has 0 unspecified atom stereocenters. The van der Waals surface area contributed by atoms with Crippen LogP contribution in [-0.4, -0.2) is 75.8 Å². The number of aliphatic hydroxyl groups is 2. The Morgan fingerprint density at radius 1 is 0.968 bits per heavy atom. The fourth-order valence-electron chi connectivity index (χ4n) is 9.55. The average Bonchev–Trinajstić information content (AvgIpc) is 3.26. The van der Waals surface area contributed by atoms with Gasteiger partial charge in [-0.3, -0.25) is 4.98 Å². The number of thioether (sulfide) groups is 1. The fraction of sp³-hybridized carbons (Fsp3) is 0.667. The second-order valence-corrected chi connectivity index (χ2v) is 19.7. The summed E-state index contributed by atoms with van der Waals surface area (Å²) in [5.74, 6) is 0.903. The van der Waals surface area contributed by atoms with E-state index >= 15 is 0 Å². The molecule has 3 N–H and O–H groups in total. The molecule has 3 aliphatic rings. The molecule has 2 heterocycles. The highest BCUT2D eigenvalue weighted by Gasteiger charge is 2.64. The number of unbranched alkanes of at least 4 members (excludes halogenated alkanes) is 11. The number of benzene rings is 1. The summed E-state index contributed by atoms with van der Waals surface area (Å²) in [6, 6.07) is 9.91. The van der Waals surface area contributed by atoms with Gasteiger partial charge in [0.2, 0.25) is 5.79 Å². The number of pyridine rings is 1. The molecule has 0 bridgehead atoms. The van der Waals surface area contributed by atoms with Crippen LogP contribution >= 0.6 is 11.8 Å². The van der Waals surface area contributed by atoms with Gasteiger partial charge in [-0.15, -0.1) is 6.58 Å². The first-order chi connectivity index (χ1) is 30.1. The Morgan fingerprint density at radius 3 is 2.34 bits per heavy atom. The summed E-state index contributed by atoms with van der Waals surface area (Å²) in [4.78, 5) is 23.7. The summed E-state index contributed by atoms with van der Waals surface area (Å²) in [7, 11) is 0. The Bertz CT molecular complexity index is 1710. The van der Waals surface area contributed by atoms with Gasteiger partial charge in [-0.2, -0.15) is 11.8 Å². The first-order valence-corrected chi connectivity index (χ1v) is 24.9. The van der Waals surface area contributed by atoms with Gasteiger partial charge in [0.25, 0.3) is 0 Å². The number of nitrogens with zero attached hydrogens (tertiary/aromatic N) is 2. The van der Waals surface area contributed by atoms with E-state index in [0.717, 1.165) is 79.7 Å². The van der Waals surface area contributed by atoms with Gasteiger partial charge in [-0.25, -0.2) is 4.79 Å². The molecule has 2 aromatic rings. The standard InChI is InChI=1S/C51H77N3O7S/c1-6-8-9-10-11-12-13-14-15-18-28-53-49(57)59-40-23-24-45-43(36-40)47-41(22-17-20-32-56)39(21-16-19-31-55)35-42-44(54-61-50(3,4)5)37-46(51(60-45,48(42)47)58-33-7-2)62-34-27-38-25-29-52-30-26-38/h7,23-26,29-30,35-36,39,41,46-48,55-56H,2,6,8-22,27-28,31-34,37H2,1,3-5H3,(H,53,57)/t39-,41+,46-,47+,48+,51+/m0/s1. The van der Waals surface area contributed by atoms with E-state index in [4.69, 9.17) is 24.2 Å². The van der Waals surface area contributed by atoms with E-state index in [0.29, 0.717) is 31.7 Å². The summed E-state index contributed by atoms with van der Waals surface area (Å²) in [6.07, 6.45) is 26.1. The number of aryl methyl sites for hydroxylation is 1. The molecule has 62 heavy (non-hydrogen) atoms. The molecular formula is C51H77N3O7S. The van der Waals surface area contributed by atoms with E-state index in [1.807, 2.05) is 63.1 Å². The maximum absolute atomic E-state index is 13.2. The van der Waals surface area contributed by atoms with Gasteiger partial charge >= 0.3 is 6.09 Å². The van der Waals surface area contributed by atoms with Crippen LogP contribution in [0.1, 0.15) is 154 Å². The molecule has 5 rings (SSSR count). The van der Waals surface area contributed by atoms with Crippen LogP contribution in [0.2, 0.25) is 0 Å². The summed E-state index contributed by atoms with van der Waals surface area (Å²) in [5.41, 5.74) is 3.69. The SMILES string of the molecule is C=CCO[C@@]12Oc3ccc(OC(=O)NCCCCCCCCCCCC)cc3[C@H]3[C@H](CCCCO)[C@@H](CCCCO)C=C(C(=NOC(C)(C)C)C[C@@H]1SCCc1ccncc1)[C@H]32. The lowest BCUT2D eigenvalue weighted by atomic mass is 9.56. The largest absolute Gasteiger partial charge is 0.460 e. The smallest absolute Gasteiger partial charge is 0.412 e. The molecule has 0 saturated heterocycles. The van der Waals surface area contributed by atoms with Crippen LogP contribution in [0.4, 0.5) is 4.79 Å². The second-order valence-electron chi connectivity index (χ2n) is 18.4. The second kappa shape index (κ2) is 25.8. The number of aromatic nitrogens is 1. The number of carbonyl (C=O) groups is 1. The lowest BCUT2D eigenvalue weighted by molar-refractivity contribution is -0.223. The minimum Gasteiger partial charge on any atom is -0.460 e. The zero-order chi connectivity index (χ0) is 44.2. The van der Waals surface area contributed by atoms with Crippen molar-refractivity contribution in [1.82, 2.24) is 10.3 Å².